The molecule has 0 spiro atoms. The van der Waals surface area contributed by atoms with E-state index in [0.29, 0.717) is 48.9 Å². The van der Waals surface area contributed by atoms with Gasteiger partial charge in [0.25, 0.3) is 0 Å². The highest BCUT2D eigenvalue weighted by Gasteiger charge is 2.45. The molecule has 3 aliphatic heterocycles. The number of imidazole rings is 1. The topological polar surface area (TPSA) is 95.3 Å². The first-order chi connectivity index (χ1) is 19.1. The Morgan fingerprint density at radius 2 is 1.80 bits per heavy atom. The van der Waals surface area contributed by atoms with E-state index in [4.69, 9.17) is 9.84 Å². The van der Waals surface area contributed by atoms with Gasteiger partial charge in [-0.2, -0.15) is 4.52 Å². The molecule has 0 aliphatic carbocycles. The summed E-state index contributed by atoms with van der Waals surface area (Å²) in [5.74, 6) is 0.0509. The molecule has 3 aromatic rings. The summed E-state index contributed by atoms with van der Waals surface area (Å²) >= 11 is 0. The maximum Gasteiger partial charge on any atom is 0.410 e. The van der Waals surface area contributed by atoms with Gasteiger partial charge in [-0.15, -0.1) is 5.10 Å². The van der Waals surface area contributed by atoms with Crippen molar-refractivity contribution in [3.8, 4) is 0 Å². The van der Waals surface area contributed by atoms with Crippen LogP contribution in [0.5, 0.6) is 0 Å². The van der Waals surface area contributed by atoms with E-state index in [1.807, 2.05) is 25.7 Å². The highest BCUT2D eigenvalue weighted by Crippen LogP contribution is 2.37. The van der Waals surface area contributed by atoms with Crippen LogP contribution in [0.4, 0.5) is 30.0 Å². The Hall–Kier alpha value is -3.96. The van der Waals surface area contributed by atoms with Crippen molar-refractivity contribution < 1.29 is 23.1 Å². The molecule has 3 aliphatic rings. The molecule has 3 amide bonds. The van der Waals surface area contributed by atoms with Gasteiger partial charge in [-0.05, 0) is 76.8 Å². The van der Waals surface area contributed by atoms with Gasteiger partial charge in [-0.25, -0.2) is 23.4 Å². The molecule has 12 heteroatoms. The molecular formula is C28H33F2N7O3. The Balaban J connectivity index is 1.18. The average molecular weight is 554 g/mol. The van der Waals surface area contributed by atoms with E-state index in [2.05, 4.69) is 10.3 Å². The molecule has 3 fully saturated rings. The summed E-state index contributed by atoms with van der Waals surface area (Å²) in [6.45, 7) is 6.98. The van der Waals surface area contributed by atoms with Gasteiger partial charge in [-0.1, -0.05) is 0 Å². The SMILES string of the molecule is CC(C)(C)OC(=O)N1C2CCC1CN(C(=O)Nc1cnc3ccc(N4CCCC4c4cc(F)ccc4F)nn13)C2. The summed E-state index contributed by atoms with van der Waals surface area (Å²) in [4.78, 5) is 35.9. The summed E-state index contributed by atoms with van der Waals surface area (Å²) in [5, 5.41) is 7.64. The summed E-state index contributed by atoms with van der Waals surface area (Å²) in [6, 6.07) is 6.27. The molecule has 3 unspecified atom stereocenters. The Bertz CT molecular complexity index is 1440. The third kappa shape index (κ3) is 4.90. The highest BCUT2D eigenvalue weighted by atomic mass is 19.1. The van der Waals surface area contributed by atoms with Gasteiger partial charge < -0.3 is 14.5 Å². The minimum Gasteiger partial charge on any atom is -0.444 e. The third-order valence-corrected chi connectivity index (χ3v) is 7.82. The minimum atomic E-state index is -0.583. The number of hydrogen-bond donors (Lipinski definition) is 1. The van der Waals surface area contributed by atoms with E-state index in [9.17, 15) is 18.4 Å². The number of amides is 3. The number of fused-ring (bicyclic) bond motifs is 3. The normalized spacial score (nSPS) is 22.7. The third-order valence-electron chi connectivity index (χ3n) is 7.82. The monoisotopic (exact) mass is 553 g/mol. The number of aromatic nitrogens is 3. The molecule has 2 bridgehead atoms. The van der Waals surface area contributed by atoms with Gasteiger partial charge in [0.15, 0.2) is 11.5 Å². The van der Waals surface area contributed by atoms with Crippen LogP contribution in [0.25, 0.3) is 5.65 Å². The minimum absolute atomic E-state index is 0.0958. The Morgan fingerprint density at radius 3 is 2.52 bits per heavy atom. The number of ether oxygens (including phenoxy) is 1. The molecule has 6 rings (SSSR count). The molecule has 5 heterocycles. The Kier molecular flexibility index (Phi) is 6.50. The van der Waals surface area contributed by atoms with Crippen LogP contribution in [-0.2, 0) is 4.74 Å². The molecule has 2 aromatic heterocycles. The zero-order valence-electron chi connectivity index (χ0n) is 22.8. The van der Waals surface area contributed by atoms with E-state index < -0.39 is 17.2 Å². The second kappa shape index (κ2) is 9.90. The van der Waals surface area contributed by atoms with Crippen LogP contribution < -0.4 is 10.2 Å². The Labute approximate surface area is 230 Å². The van der Waals surface area contributed by atoms with Crippen LogP contribution in [-0.4, -0.2) is 73.8 Å². The quantitative estimate of drug-likeness (QED) is 0.493. The number of likely N-dealkylation sites (tertiary alicyclic amines) is 1. The number of nitrogens with zero attached hydrogens (tertiary/aromatic N) is 6. The molecule has 0 saturated carbocycles. The van der Waals surface area contributed by atoms with Crippen LogP contribution in [0.15, 0.2) is 36.5 Å². The van der Waals surface area contributed by atoms with Crippen LogP contribution in [0, 0.1) is 11.6 Å². The number of carbonyl (C=O) groups is 2. The number of hydrogen-bond acceptors (Lipinski definition) is 6. The van der Waals surface area contributed by atoms with E-state index in [-0.39, 0.29) is 30.2 Å². The van der Waals surface area contributed by atoms with Gasteiger partial charge in [0.1, 0.15) is 23.1 Å². The molecule has 1 N–H and O–H groups in total. The molecular weight excluding hydrogens is 520 g/mol. The maximum atomic E-state index is 14.6. The smallest absolute Gasteiger partial charge is 0.410 e. The molecule has 40 heavy (non-hydrogen) atoms. The fourth-order valence-electron chi connectivity index (χ4n) is 6.11. The predicted molar refractivity (Wildman–Crippen MR) is 144 cm³/mol. The first kappa shape index (κ1) is 26.3. The molecule has 3 atom stereocenters. The first-order valence-electron chi connectivity index (χ1n) is 13.7. The molecule has 1 aromatic carbocycles. The van der Waals surface area contributed by atoms with Crippen molar-refractivity contribution in [3.63, 3.8) is 0 Å². The number of piperazine rings is 1. The molecule has 3 saturated heterocycles. The Morgan fingerprint density at radius 1 is 1.05 bits per heavy atom. The largest absolute Gasteiger partial charge is 0.444 e. The van der Waals surface area contributed by atoms with Crippen molar-refractivity contribution >= 4 is 29.4 Å². The van der Waals surface area contributed by atoms with Crippen LogP contribution in [0.3, 0.4) is 0 Å². The molecule has 10 nitrogen and oxygen atoms in total. The van der Waals surface area contributed by atoms with Gasteiger partial charge in [0.05, 0.1) is 24.3 Å². The first-order valence-corrected chi connectivity index (χ1v) is 13.7. The maximum absolute atomic E-state index is 14.6. The number of benzene rings is 1. The second-order valence-corrected chi connectivity index (χ2v) is 11.7. The van der Waals surface area contributed by atoms with Gasteiger partial charge in [-0.3, -0.25) is 10.2 Å². The van der Waals surface area contributed by atoms with Crippen molar-refractivity contribution in [1.82, 2.24) is 24.4 Å². The van der Waals surface area contributed by atoms with E-state index in [0.717, 1.165) is 31.4 Å². The van der Waals surface area contributed by atoms with Gasteiger partial charge in [0.2, 0.25) is 0 Å². The second-order valence-electron chi connectivity index (χ2n) is 11.7. The zero-order valence-corrected chi connectivity index (χ0v) is 22.8. The van der Waals surface area contributed by atoms with Crippen LogP contribution in [0.1, 0.15) is 58.1 Å². The number of rotatable bonds is 3. The molecule has 0 radical (unpaired) electrons. The highest BCUT2D eigenvalue weighted by molar-refractivity contribution is 5.89. The predicted octanol–water partition coefficient (Wildman–Crippen LogP) is 4.96. The standard InChI is InChI=1S/C28H33F2N7O3/c1-28(2,3)40-27(39)36-18-7-8-19(36)16-34(15-18)26(38)32-25-14-31-23-10-11-24(33-37(23)25)35-12-4-5-22(35)20-13-17(29)6-9-21(20)30/h6,9-11,13-14,18-19,22H,4-5,7-8,12,15-16H2,1-3H3,(H,32,38). The summed E-state index contributed by atoms with van der Waals surface area (Å²) < 4.78 is 35.7. The van der Waals surface area contributed by atoms with E-state index >= 15 is 0 Å². The van der Waals surface area contributed by atoms with Gasteiger partial charge in [0, 0.05) is 25.2 Å². The summed E-state index contributed by atoms with van der Waals surface area (Å²) in [7, 11) is 0. The van der Waals surface area contributed by atoms with E-state index in [1.54, 1.807) is 32.6 Å². The van der Waals surface area contributed by atoms with Crippen molar-refractivity contribution in [2.45, 2.75) is 70.2 Å². The fourth-order valence-corrected chi connectivity index (χ4v) is 6.11. The number of anilines is 2. The van der Waals surface area contributed by atoms with Gasteiger partial charge >= 0.3 is 12.1 Å². The van der Waals surface area contributed by atoms with Crippen molar-refractivity contribution in [1.29, 1.82) is 0 Å². The zero-order chi connectivity index (χ0) is 28.2. The van der Waals surface area contributed by atoms with Crippen LogP contribution in [0.2, 0.25) is 0 Å². The van der Waals surface area contributed by atoms with Crippen LogP contribution >= 0.6 is 0 Å². The van der Waals surface area contributed by atoms with Crippen molar-refractivity contribution in [2.24, 2.45) is 0 Å². The molecule has 212 valence electrons. The number of halogens is 2. The lowest BCUT2D eigenvalue weighted by molar-refractivity contribution is 0.000736. The lowest BCUT2D eigenvalue weighted by atomic mass is 10.0. The summed E-state index contributed by atoms with van der Waals surface area (Å²) in [6.07, 6.45) is 4.32. The number of carbonyl (C=O) groups excluding carboxylic acids is 2. The van der Waals surface area contributed by atoms with E-state index in [1.165, 1.54) is 6.07 Å². The number of urea groups is 1. The lowest BCUT2D eigenvalue weighted by Gasteiger charge is -2.41. The van der Waals surface area contributed by atoms with Crippen molar-refractivity contribution in [3.05, 3.63) is 53.7 Å². The lowest BCUT2D eigenvalue weighted by Crippen LogP contribution is -2.58. The van der Waals surface area contributed by atoms with Crippen molar-refractivity contribution in [2.75, 3.05) is 29.9 Å². The summed E-state index contributed by atoms with van der Waals surface area (Å²) in [5.41, 5.74) is 0.265. The fraction of sp³-hybridized carbons (Fsp3) is 0.500. The average Bonchev–Trinajstić information content (AvgIpc) is 3.60. The number of nitrogens with one attached hydrogen (secondary N) is 1.